The molecule has 0 saturated heterocycles. The molecule has 11 heteroatoms. The summed E-state index contributed by atoms with van der Waals surface area (Å²) in [6.07, 6.45) is 1.46. The van der Waals surface area contributed by atoms with Crippen molar-refractivity contribution in [1.82, 2.24) is 25.4 Å². The van der Waals surface area contributed by atoms with Crippen LogP contribution in [0.15, 0.2) is 29.3 Å². The largest absolute Gasteiger partial charge is 0.573 e. The molecule has 2 aromatic rings. The van der Waals surface area contributed by atoms with Gasteiger partial charge in [-0.05, 0) is 32.3 Å². The Hall–Kier alpha value is -2.05. The summed E-state index contributed by atoms with van der Waals surface area (Å²) in [7, 11) is 0. The van der Waals surface area contributed by atoms with Crippen LogP contribution in [-0.4, -0.2) is 40.2 Å². The Kier molecular flexibility index (Phi) is 10.5. The van der Waals surface area contributed by atoms with Crippen molar-refractivity contribution in [2.24, 2.45) is 4.99 Å². The highest BCUT2D eigenvalue weighted by molar-refractivity contribution is 14.0. The highest BCUT2D eigenvalue weighted by atomic mass is 127. The molecule has 2 N–H and O–H groups in total. The Balaban J connectivity index is 0.00000363. The Morgan fingerprint density at radius 2 is 1.97 bits per heavy atom. The van der Waals surface area contributed by atoms with Gasteiger partial charge in [0.25, 0.3) is 0 Å². The highest BCUT2D eigenvalue weighted by Gasteiger charge is 2.31. The Morgan fingerprint density at radius 1 is 1.16 bits per heavy atom. The van der Waals surface area contributed by atoms with E-state index in [2.05, 4.69) is 35.1 Å². The number of rotatable bonds is 8. The number of alkyl halides is 3. The SMILES string of the molecule is CCNC(=NCc1ccccc1OC(F)(F)F)NCCCc1nnc2n1CCCCC2.I. The van der Waals surface area contributed by atoms with E-state index in [1.165, 1.54) is 25.0 Å². The minimum Gasteiger partial charge on any atom is -0.405 e. The lowest BCUT2D eigenvalue weighted by Gasteiger charge is -2.14. The molecule has 1 aliphatic heterocycles. The monoisotopic (exact) mass is 566 g/mol. The van der Waals surface area contributed by atoms with E-state index < -0.39 is 6.36 Å². The highest BCUT2D eigenvalue weighted by Crippen LogP contribution is 2.26. The molecular weight excluding hydrogens is 536 g/mol. The number of nitrogens with one attached hydrogen (secondary N) is 2. The second-order valence-electron chi connectivity index (χ2n) is 7.38. The molecule has 1 aromatic heterocycles. The predicted molar refractivity (Wildman–Crippen MR) is 127 cm³/mol. The second-order valence-corrected chi connectivity index (χ2v) is 7.38. The number of hydrogen-bond donors (Lipinski definition) is 2. The first-order chi connectivity index (χ1) is 15.0. The molecule has 0 unspecified atom stereocenters. The van der Waals surface area contributed by atoms with Crippen molar-refractivity contribution in [2.75, 3.05) is 13.1 Å². The van der Waals surface area contributed by atoms with E-state index in [0.29, 0.717) is 24.6 Å². The maximum Gasteiger partial charge on any atom is 0.573 e. The molecule has 3 rings (SSSR count). The van der Waals surface area contributed by atoms with Gasteiger partial charge in [-0.3, -0.25) is 0 Å². The van der Waals surface area contributed by atoms with Crippen molar-refractivity contribution in [2.45, 2.75) is 64.9 Å². The van der Waals surface area contributed by atoms with E-state index >= 15 is 0 Å². The van der Waals surface area contributed by atoms with E-state index in [9.17, 15) is 13.2 Å². The Bertz CT molecular complexity index is 871. The van der Waals surface area contributed by atoms with Crippen molar-refractivity contribution in [3.63, 3.8) is 0 Å². The molecular formula is C21H30F3IN6O. The summed E-state index contributed by atoms with van der Waals surface area (Å²) in [5.41, 5.74) is 0.364. The number of hydrogen-bond acceptors (Lipinski definition) is 4. The van der Waals surface area contributed by atoms with Gasteiger partial charge in [-0.25, -0.2) is 4.99 Å². The van der Waals surface area contributed by atoms with E-state index in [0.717, 1.165) is 43.9 Å². The van der Waals surface area contributed by atoms with Gasteiger partial charge in [-0.1, -0.05) is 24.6 Å². The maximum absolute atomic E-state index is 12.6. The van der Waals surface area contributed by atoms with Gasteiger partial charge in [0, 0.05) is 38.0 Å². The number of nitrogens with zero attached hydrogens (tertiary/aromatic N) is 4. The van der Waals surface area contributed by atoms with Crippen LogP contribution in [0.3, 0.4) is 0 Å². The zero-order valence-corrected chi connectivity index (χ0v) is 20.5. The number of halogens is 4. The van der Waals surface area contributed by atoms with Crippen LogP contribution in [-0.2, 0) is 25.9 Å². The van der Waals surface area contributed by atoms with Crippen molar-refractivity contribution >= 4 is 29.9 Å². The van der Waals surface area contributed by atoms with Crippen LogP contribution >= 0.6 is 24.0 Å². The summed E-state index contributed by atoms with van der Waals surface area (Å²) in [6.45, 7) is 4.29. The summed E-state index contributed by atoms with van der Waals surface area (Å²) in [6, 6.07) is 6.03. The molecule has 2 heterocycles. The minimum absolute atomic E-state index is 0. The number of aromatic nitrogens is 3. The fourth-order valence-electron chi connectivity index (χ4n) is 3.55. The lowest BCUT2D eigenvalue weighted by Crippen LogP contribution is -2.38. The third-order valence-corrected chi connectivity index (χ3v) is 5.01. The van der Waals surface area contributed by atoms with Gasteiger partial charge in [0.2, 0.25) is 0 Å². The first-order valence-corrected chi connectivity index (χ1v) is 10.7. The van der Waals surface area contributed by atoms with Crippen LogP contribution in [0.1, 0.15) is 49.8 Å². The minimum atomic E-state index is -4.73. The third-order valence-electron chi connectivity index (χ3n) is 5.01. The summed E-state index contributed by atoms with van der Waals surface area (Å²) >= 11 is 0. The zero-order valence-electron chi connectivity index (χ0n) is 18.1. The standard InChI is InChI=1S/C21H29F3N6O.HI/c1-2-25-20(27-15-16-9-5-6-10-17(16)31-21(22,23)24)26-13-8-12-19-29-28-18-11-4-3-7-14-30(18)19;/h5-6,9-10H,2-4,7-8,11-15H2,1H3,(H2,25,26,27);1H. The average molecular weight is 566 g/mol. The lowest BCUT2D eigenvalue weighted by molar-refractivity contribution is -0.274. The van der Waals surface area contributed by atoms with Crippen LogP contribution in [0.5, 0.6) is 5.75 Å². The van der Waals surface area contributed by atoms with Crippen LogP contribution in [0, 0.1) is 0 Å². The molecule has 0 aliphatic carbocycles. The number of guanidine groups is 1. The van der Waals surface area contributed by atoms with Crippen LogP contribution in [0.2, 0.25) is 0 Å². The smallest absolute Gasteiger partial charge is 0.405 e. The number of ether oxygens (including phenoxy) is 1. The van der Waals surface area contributed by atoms with E-state index in [1.54, 1.807) is 12.1 Å². The van der Waals surface area contributed by atoms with Crippen molar-refractivity contribution in [3.8, 4) is 5.75 Å². The summed E-state index contributed by atoms with van der Waals surface area (Å²) in [5.74, 6) is 2.40. The molecule has 0 spiro atoms. The van der Waals surface area contributed by atoms with Gasteiger partial charge in [0.1, 0.15) is 17.4 Å². The van der Waals surface area contributed by atoms with Gasteiger partial charge < -0.3 is 19.9 Å². The summed E-state index contributed by atoms with van der Waals surface area (Å²) in [4.78, 5) is 4.41. The first kappa shape index (κ1) is 26.2. The molecule has 0 atom stereocenters. The topological polar surface area (TPSA) is 76.4 Å². The fourth-order valence-corrected chi connectivity index (χ4v) is 3.55. The molecule has 7 nitrogen and oxygen atoms in total. The normalized spacial score (nSPS) is 14.2. The van der Waals surface area contributed by atoms with Gasteiger partial charge in [0.05, 0.1) is 6.54 Å². The molecule has 0 saturated carbocycles. The van der Waals surface area contributed by atoms with Crippen molar-refractivity contribution in [1.29, 1.82) is 0 Å². The van der Waals surface area contributed by atoms with E-state index in [4.69, 9.17) is 0 Å². The van der Waals surface area contributed by atoms with Crippen LogP contribution in [0.25, 0.3) is 0 Å². The van der Waals surface area contributed by atoms with Crippen LogP contribution < -0.4 is 15.4 Å². The molecule has 178 valence electrons. The number of para-hydroxylation sites is 1. The van der Waals surface area contributed by atoms with Gasteiger partial charge >= 0.3 is 6.36 Å². The number of aliphatic imine (C=N–C) groups is 1. The number of benzene rings is 1. The van der Waals surface area contributed by atoms with Gasteiger partial charge in [-0.2, -0.15) is 0 Å². The third kappa shape index (κ3) is 8.14. The summed E-state index contributed by atoms with van der Waals surface area (Å²) < 4.78 is 44.1. The Labute approximate surface area is 203 Å². The number of aryl methyl sites for hydroxylation is 2. The Morgan fingerprint density at radius 3 is 2.75 bits per heavy atom. The molecule has 0 amide bonds. The average Bonchev–Trinajstić information content (AvgIpc) is 2.95. The van der Waals surface area contributed by atoms with Gasteiger partial charge in [0.15, 0.2) is 5.96 Å². The first-order valence-electron chi connectivity index (χ1n) is 10.7. The molecule has 0 fully saturated rings. The molecule has 0 bridgehead atoms. The fraction of sp³-hybridized carbons (Fsp3) is 0.571. The van der Waals surface area contributed by atoms with Crippen LogP contribution in [0.4, 0.5) is 13.2 Å². The second kappa shape index (κ2) is 12.9. The predicted octanol–water partition coefficient (Wildman–Crippen LogP) is 4.21. The van der Waals surface area contributed by atoms with Crippen molar-refractivity contribution < 1.29 is 17.9 Å². The maximum atomic E-state index is 12.6. The van der Waals surface area contributed by atoms with E-state index in [-0.39, 0.29) is 36.3 Å². The zero-order chi connectivity index (χ0) is 22.1. The molecule has 1 aromatic carbocycles. The molecule has 32 heavy (non-hydrogen) atoms. The molecule has 0 radical (unpaired) electrons. The summed E-state index contributed by atoms with van der Waals surface area (Å²) in [5, 5.41) is 15.0. The number of fused-ring (bicyclic) bond motifs is 1. The van der Waals surface area contributed by atoms with E-state index in [1.807, 2.05) is 6.92 Å². The molecule has 1 aliphatic rings. The van der Waals surface area contributed by atoms with Gasteiger partial charge in [-0.15, -0.1) is 47.3 Å². The van der Waals surface area contributed by atoms with Crippen molar-refractivity contribution in [3.05, 3.63) is 41.5 Å². The lowest BCUT2D eigenvalue weighted by atomic mass is 10.2. The quantitative estimate of drug-likeness (QED) is 0.217.